The second kappa shape index (κ2) is 5.52. The molecule has 1 fully saturated rings. The van der Waals surface area contributed by atoms with E-state index in [4.69, 9.17) is 11.6 Å². The van der Waals surface area contributed by atoms with Crippen LogP contribution in [0.15, 0.2) is 22.7 Å². The number of hydrogen-bond acceptors (Lipinski definition) is 1. The minimum Gasteiger partial charge on any atom is -0.313 e. The number of nitrogens with one attached hydrogen (secondary N) is 1. The van der Waals surface area contributed by atoms with Gasteiger partial charge in [-0.3, -0.25) is 0 Å². The molecule has 0 bridgehead atoms. The highest BCUT2D eigenvalue weighted by atomic mass is 79.9. The fourth-order valence-electron chi connectivity index (χ4n) is 2.21. The van der Waals surface area contributed by atoms with Crippen molar-refractivity contribution in [1.29, 1.82) is 0 Å². The molecule has 0 spiro atoms. The van der Waals surface area contributed by atoms with E-state index in [1.807, 2.05) is 13.1 Å². The highest BCUT2D eigenvalue weighted by molar-refractivity contribution is 9.10. The van der Waals surface area contributed by atoms with Gasteiger partial charge in [-0.15, -0.1) is 0 Å². The lowest BCUT2D eigenvalue weighted by Crippen LogP contribution is -2.23. The predicted molar refractivity (Wildman–Crippen MR) is 72.9 cm³/mol. The van der Waals surface area contributed by atoms with Gasteiger partial charge in [0.2, 0.25) is 0 Å². The zero-order valence-electron chi connectivity index (χ0n) is 9.47. The van der Waals surface area contributed by atoms with Crippen LogP contribution in [-0.4, -0.2) is 7.05 Å². The van der Waals surface area contributed by atoms with Crippen LogP contribution in [0.2, 0.25) is 5.02 Å². The fourth-order valence-corrected chi connectivity index (χ4v) is 2.73. The van der Waals surface area contributed by atoms with Crippen molar-refractivity contribution in [2.75, 3.05) is 7.05 Å². The third kappa shape index (κ3) is 2.79. The lowest BCUT2D eigenvalue weighted by atomic mass is 9.79. The molecule has 2 rings (SSSR count). The largest absolute Gasteiger partial charge is 0.313 e. The van der Waals surface area contributed by atoms with Gasteiger partial charge in [-0.1, -0.05) is 36.9 Å². The molecule has 0 aromatic heterocycles. The first-order chi connectivity index (χ1) is 7.70. The van der Waals surface area contributed by atoms with Crippen molar-refractivity contribution in [3.63, 3.8) is 0 Å². The van der Waals surface area contributed by atoms with Crippen LogP contribution in [0.1, 0.15) is 37.3 Å². The molecule has 1 saturated carbocycles. The number of rotatable bonds is 4. The van der Waals surface area contributed by atoms with Crippen molar-refractivity contribution in [1.82, 2.24) is 5.32 Å². The Morgan fingerprint density at radius 3 is 2.75 bits per heavy atom. The molecule has 16 heavy (non-hydrogen) atoms. The highest BCUT2D eigenvalue weighted by Gasteiger charge is 2.22. The third-order valence-electron chi connectivity index (χ3n) is 3.49. The van der Waals surface area contributed by atoms with E-state index in [2.05, 4.69) is 33.4 Å². The Morgan fingerprint density at radius 1 is 1.50 bits per heavy atom. The van der Waals surface area contributed by atoms with Gasteiger partial charge in [-0.25, -0.2) is 0 Å². The van der Waals surface area contributed by atoms with E-state index in [1.165, 1.54) is 31.2 Å². The standard InChI is InChI=1S/C13H17BrClN/c1-16-13(7-9-3-2-4-9)10-5-6-12(15)11(14)8-10/h5-6,8-9,13,16H,2-4,7H2,1H3. The topological polar surface area (TPSA) is 12.0 Å². The fraction of sp³-hybridized carbons (Fsp3) is 0.538. The van der Waals surface area contributed by atoms with Crippen LogP contribution in [0.3, 0.4) is 0 Å². The molecule has 88 valence electrons. The van der Waals surface area contributed by atoms with Gasteiger partial charge in [0.1, 0.15) is 0 Å². The van der Waals surface area contributed by atoms with Crippen molar-refractivity contribution in [2.45, 2.75) is 31.7 Å². The summed E-state index contributed by atoms with van der Waals surface area (Å²) in [5.74, 6) is 0.909. The van der Waals surface area contributed by atoms with Crippen molar-refractivity contribution >= 4 is 27.5 Å². The van der Waals surface area contributed by atoms with E-state index < -0.39 is 0 Å². The third-order valence-corrected chi connectivity index (χ3v) is 4.70. The summed E-state index contributed by atoms with van der Waals surface area (Å²) in [6.07, 6.45) is 5.44. The summed E-state index contributed by atoms with van der Waals surface area (Å²) in [4.78, 5) is 0. The molecule has 1 unspecified atom stereocenters. The number of benzene rings is 1. The Kier molecular flexibility index (Phi) is 4.28. The maximum Gasteiger partial charge on any atom is 0.0548 e. The average Bonchev–Trinajstić information content (AvgIpc) is 2.21. The quantitative estimate of drug-likeness (QED) is 0.860. The molecule has 1 aromatic rings. The molecule has 1 atom stereocenters. The summed E-state index contributed by atoms with van der Waals surface area (Å²) in [5.41, 5.74) is 1.32. The van der Waals surface area contributed by atoms with Gasteiger partial charge in [0.15, 0.2) is 0 Å². The maximum atomic E-state index is 6.01. The normalized spacial score (nSPS) is 18.2. The first-order valence-corrected chi connectivity index (χ1v) is 7.00. The lowest BCUT2D eigenvalue weighted by molar-refractivity contribution is 0.265. The van der Waals surface area contributed by atoms with Gasteiger partial charge in [-0.05, 0) is 53.0 Å². The van der Waals surface area contributed by atoms with Crippen LogP contribution in [0.5, 0.6) is 0 Å². The Labute approximate surface area is 111 Å². The summed E-state index contributed by atoms with van der Waals surface area (Å²) in [6.45, 7) is 0. The molecule has 0 heterocycles. The molecule has 1 nitrogen and oxygen atoms in total. The second-order valence-corrected chi connectivity index (χ2v) is 5.81. The molecule has 0 saturated heterocycles. The smallest absolute Gasteiger partial charge is 0.0548 e. The van der Waals surface area contributed by atoms with Crippen LogP contribution in [-0.2, 0) is 0 Å². The highest BCUT2D eigenvalue weighted by Crippen LogP contribution is 2.35. The molecule has 1 aliphatic rings. The minimum absolute atomic E-state index is 0.457. The Morgan fingerprint density at radius 2 is 2.25 bits per heavy atom. The zero-order valence-corrected chi connectivity index (χ0v) is 11.8. The van der Waals surface area contributed by atoms with E-state index in [0.29, 0.717) is 6.04 Å². The number of hydrogen-bond donors (Lipinski definition) is 1. The van der Waals surface area contributed by atoms with E-state index in [9.17, 15) is 0 Å². The van der Waals surface area contributed by atoms with Gasteiger partial charge in [0.25, 0.3) is 0 Å². The molecule has 3 heteroatoms. The van der Waals surface area contributed by atoms with E-state index in [0.717, 1.165) is 15.4 Å². The molecule has 0 radical (unpaired) electrons. The average molecular weight is 303 g/mol. The summed E-state index contributed by atoms with van der Waals surface area (Å²) < 4.78 is 0.987. The molecule has 0 aliphatic heterocycles. The van der Waals surface area contributed by atoms with Crippen molar-refractivity contribution in [3.8, 4) is 0 Å². The Balaban J connectivity index is 2.09. The second-order valence-electron chi connectivity index (χ2n) is 4.55. The van der Waals surface area contributed by atoms with Crippen LogP contribution >= 0.6 is 27.5 Å². The first-order valence-electron chi connectivity index (χ1n) is 5.83. The van der Waals surface area contributed by atoms with E-state index >= 15 is 0 Å². The summed E-state index contributed by atoms with van der Waals surface area (Å²) in [6, 6.07) is 6.67. The summed E-state index contributed by atoms with van der Waals surface area (Å²) >= 11 is 9.49. The zero-order chi connectivity index (χ0) is 11.5. The Hall–Kier alpha value is -0.0500. The SMILES string of the molecule is CNC(CC1CCC1)c1ccc(Cl)c(Br)c1. The van der Waals surface area contributed by atoms with Crippen LogP contribution in [0.25, 0.3) is 0 Å². The lowest BCUT2D eigenvalue weighted by Gasteiger charge is -2.29. The van der Waals surface area contributed by atoms with Gasteiger partial charge in [0.05, 0.1) is 5.02 Å². The van der Waals surface area contributed by atoms with Gasteiger partial charge < -0.3 is 5.32 Å². The van der Waals surface area contributed by atoms with Crippen molar-refractivity contribution in [2.24, 2.45) is 5.92 Å². The van der Waals surface area contributed by atoms with E-state index in [-0.39, 0.29) is 0 Å². The van der Waals surface area contributed by atoms with Crippen LogP contribution < -0.4 is 5.32 Å². The number of halogens is 2. The van der Waals surface area contributed by atoms with Gasteiger partial charge in [0, 0.05) is 10.5 Å². The van der Waals surface area contributed by atoms with E-state index in [1.54, 1.807) is 0 Å². The maximum absolute atomic E-state index is 6.01. The molecular formula is C13H17BrClN. The molecular weight excluding hydrogens is 286 g/mol. The predicted octanol–water partition coefficient (Wildman–Crippen LogP) is 4.55. The van der Waals surface area contributed by atoms with Crippen molar-refractivity contribution in [3.05, 3.63) is 33.3 Å². The summed E-state index contributed by atoms with van der Waals surface area (Å²) in [5, 5.41) is 4.18. The van der Waals surface area contributed by atoms with Gasteiger partial charge in [-0.2, -0.15) is 0 Å². The van der Waals surface area contributed by atoms with Crippen molar-refractivity contribution < 1.29 is 0 Å². The van der Waals surface area contributed by atoms with Crippen LogP contribution in [0, 0.1) is 5.92 Å². The molecule has 0 amide bonds. The minimum atomic E-state index is 0.457. The monoisotopic (exact) mass is 301 g/mol. The molecule has 1 aliphatic carbocycles. The summed E-state index contributed by atoms with van der Waals surface area (Å²) in [7, 11) is 2.03. The van der Waals surface area contributed by atoms with Gasteiger partial charge >= 0.3 is 0 Å². The Bertz CT molecular complexity index is 363. The first kappa shape index (κ1) is 12.4. The molecule has 1 aromatic carbocycles. The molecule has 1 N–H and O–H groups in total. The van der Waals surface area contributed by atoms with Crippen LogP contribution in [0.4, 0.5) is 0 Å².